The van der Waals surface area contributed by atoms with Gasteiger partial charge in [-0.1, -0.05) is 35.9 Å². The normalized spacial score (nSPS) is 10.6. The Morgan fingerprint density at radius 2 is 1.82 bits per heavy atom. The number of nitrogens with zero attached hydrogens (tertiary/aromatic N) is 1. The van der Waals surface area contributed by atoms with Gasteiger partial charge in [0.15, 0.2) is 18.1 Å². The van der Waals surface area contributed by atoms with Crippen LogP contribution < -0.4 is 25.0 Å². The highest BCUT2D eigenvalue weighted by Crippen LogP contribution is 2.36. The molecule has 176 valence electrons. The van der Waals surface area contributed by atoms with Crippen molar-refractivity contribution in [1.29, 1.82) is 0 Å². The number of rotatable bonds is 9. The molecule has 0 bridgehead atoms. The summed E-state index contributed by atoms with van der Waals surface area (Å²) < 4.78 is 16.1. The Bertz CT molecular complexity index is 1210. The van der Waals surface area contributed by atoms with E-state index >= 15 is 0 Å². The molecule has 3 aromatic carbocycles. The van der Waals surface area contributed by atoms with Crippen molar-refractivity contribution in [2.75, 3.05) is 26.1 Å². The number of halogens is 1. The van der Waals surface area contributed by atoms with E-state index in [2.05, 4.69) is 15.8 Å². The van der Waals surface area contributed by atoms with Crippen LogP contribution in [0.25, 0.3) is 0 Å². The number of carbonyl (C=O) groups is 2. The SMILES string of the molecule is COc1cccc(C(=O)N/N=C/c2cc(Cl)c(OCC(=O)Nc3ccccc3C)c(OC)c2)c1. The van der Waals surface area contributed by atoms with Crippen LogP contribution in [0, 0.1) is 6.92 Å². The molecule has 3 aromatic rings. The predicted molar refractivity (Wildman–Crippen MR) is 131 cm³/mol. The summed E-state index contributed by atoms with van der Waals surface area (Å²) in [6, 6.07) is 17.3. The lowest BCUT2D eigenvalue weighted by atomic mass is 10.2. The van der Waals surface area contributed by atoms with Gasteiger partial charge in [0, 0.05) is 11.3 Å². The fourth-order valence-corrected chi connectivity index (χ4v) is 3.26. The molecule has 0 unspecified atom stereocenters. The second-order valence-corrected chi connectivity index (χ2v) is 7.52. The van der Waals surface area contributed by atoms with E-state index in [-0.39, 0.29) is 23.3 Å². The van der Waals surface area contributed by atoms with Crippen LogP contribution in [0.5, 0.6) is 17.2 Å². The smallest absolute Gasteiger partial charge is 0.271 e. The van der Waals surface area contributed by atoms with Crippen molar-refractivity contribution in [3.8, 4) is 17.2 Å². The first kappa shape index (κ1) is 24.6. The van der Waals surface area contributed by atoms with E-state index in [0.29, 0.717) is 28.3 Å². The quantitative estimate of drug-likeness (QED) is 0.347. The van der Waals surface area contributed by atoms with Gasteiger partial charge in [-0.2, -0.15) is 5.10 Å². The predicted octanol–water partition coefficient (Wildman–Crippen LogP) is 4.45. The van der Waals surface area contributed by atoms with Crippen molar-refractivity contribution >= 4 is 35.3 Å². The number of methoxy groups -OCH3 is 2. The van der Waals surface area contributed by atoms with E-state index in [4.69, 9.17) is 25.8 Å². The first-order chi connectivity index (χ1) is 16.4. The number of benzene rings is 3. The van der Waals surface area contributed by atoms with Crippen LogP contribution in [0.3, 0.4) is 0 Å². The van der Waals surface area contributed by atoms with E-state index < -0.39 is 5.91 Å². The number of ether oxygens (including phenoxy) is 3. The minimum absolute atomic E-state index is 0.224. The molecule has 0 saturated heterocycles. The van der Waals surface area contributed by atoms with E-state index in [1.807, 2.05) is 31.2 Å². The molecule has 0 saturated carbocycles. The van der Waals surface area contributed by atoms with Crippen LogP contribution in [-0.2, 0) is 4.79 Å². The summed E-state index contributed by atoms with van der Waals surface area (Å²) in [6.07, 6.45) is 1.42. The molecule has 9 heteroatoms. The van der Waals surface area contributed by atoms with Crippen LogP contribution >= 0.6 is 11.6 Å². The average molecular weight is 482 g/mol. The highest BCUT2D eigenvalue weighted by Gasteiger charge is 2.14. The molecule has 0 aliphatic rings. The van der Waals surface area contributed by atoms with E-state index in [0.717, 1.165) is 5.56 Å². The Kier molecular flexibility index (Phi) is 8.48. The topological polar surface area (TPSA) is 98.3 Å². The number of aryl methyl sites for hydroxylation is 1. The Morgan fingerprint density at radius 1 is 1.03 bits per heavy atom. The van der Waals surface area contributed by atoms with Gasteiger partial charge in [-0.3, -0.25) is 9.59 Å². The summed E-state index contributed by atoms with van der Waals surface area (Å²) in [4.78, 5) is 24.5. The molecule has 0 fully saturated rings. The first-order valence-corrected chi connectivity index (χ1v) is 10.6. The third-order valence-electron chi connectivity index (χ3n) is 4.73. The van der Waals surface area contributed by atoms with Crippen molar-refractivity contribution in [1.82, 2.24) is 5.43 Å². The minimum Gasteiger partial charge on any atom is -0.497 e. The molecule has 0 aliphatic carbocycles. The monoisotopic (exact) mass is 481 g/mol. The van der Waals surface area contributed by atoms with Crippen LogP contribution in [0.1, 0.15) is 21.5 Å². The lowest BCUT2D eigenvalue weighted by Gasteiger charge is -2.14. The number of hydrogen-bond acceptors (Lipinski definition) is 6. The van der Waals surface area contributed by atoms with Gasteiger partial charge in [0.1, 0.15) is 5.75 Å². The molecule has 8 nitrogen and oxygen atoms in total. The Morgan fingerprint density at radius 3 is 2.56 bits per heavy atom. The standard InChI is InChI=1S/C25H24ClN3O5/c1-16-7-4-5-10-21(16)28-23(30)15-34-24-20(26)11-17(12-22(24)33-3)14-27-29-25(31)18-8-6-9-19(13-18)32-2/h4-14H,15H2,1-3H3,(H,28,30)(H,29,31)/b27-14+. The largest absolute Gasteiger partial charge is 0.497 e. The van der Waals surface area contributed by atoms with Crippen molar-refractivity contribution in [3.05, 3.63) is 82.4 Å². The van der Waals surface area contributed by atoms with Gasteiger partial charge in [0.2, 0.25) is 0 Å². The minimum atomic E-state index is -0.396. The lowest BCUT2D eigenvalue weighted by Crippen LogP contribution is -2.21. The lowest BCUT2D eigenvalue weighted by molar-refractivity contribution is -0.118. The van der Waals surface area contributed by atoms with Crippen molar-refractivity contribution in [2.45, 2.75) is 6.92 Å². The maximum absolute atomic E-state index is 12.3. The zero-order chi connectivity index (χ0) is 24.5. The fraction of sp³-hybridized carbons (Fsp3) is 0.160. The molecule has 0 radical (unpaired) electrons. The van der Waals surface area contributed by atoms with Gasteiger partial charge in [-0.15, -0.1) is 0 Å². The molecule has 34 heavy (non-hydrogen) atoms. The highest BCUT2D eigenvalue weighted by molar-refractivity contribution is 6.32. The molecule has 2 amide bonds. The fourth-order valence-electron chi connectivity index (χ4n) is 2.99. The number of hydrazone groups is 1. The number of hydrogen-bond donors (Lipinski definition) is 2. The third-order valence-corrected chi connectivity index (χ3v) is 5.01. The molecule has 0 atom stereocenters. The maximum Gasteiger partial charge on any atom is 0.271 e. The van der Waals surface area contributed by atoms with Gasteiger partial charge in [0.05, 0.1) is 25.5 Å². The second-order valence-electron chi connectivity index (χ2n) is 7.12. The molecule has 3 rings (SSSR count). The molecular weight excluding hydrogens is 458 g/mol. The summed E-state index contributed by atoms with van der Waals surface area (Å²) in [5, 5.41) is 6.98. The number of para-hydroxylation sites is 1. The van der Waals surface area contributed by atoms with Gasteiger partial charge >= 0.3 is 0 Å². The zero-order valence-electron chi connectivity index (χ0n) is 18.9. The van der Waals surface area contributed by atoms with E-state index in [1.165, 1.54) is 20.4 Å². The number of anilines is 1. The zero-order valence-corrected chi connectivity index (χ0v) is 19.7. The van der Waals surface area contributed by atoms with Crippen LogP contribution in [-0.4, -0.2) is 38.9 Å². The summed E-state index contributed by atoms with van der Waals surface area (Å²) >= 11 is 6.35. The molecule has 0 aromatic heterocycles. The summed E-state index contributed by atoms with van der Waals surface area (Å²) in [6.45, 7) is 1.64. The van der Waals surface area contributed by atoms with Crippen molar-refractivity contribution in [2.24, 2.45) is 5.10 Å². The highest BCUT2D eigenvalue weighted by atomic mass is 35.5. The van der Waals surface area contributed by atoms with E-state index in [9.17, 15) is 9.59 Å². The van der Waals surface area contributed by atoms with Crippen molar-refractivity contribution in [3.63, 3.8) is 0 Å². The van der Waals surface area contributed by atoms with Crippen LogP contribution in [0.2, 0.25) is 5.02 Å². The number of carbonyl (C=O) groups excluding carboxylic acids is 2. The average Bonchev–Trinajstić information content (AvgIpc) is 2.84. The molecular formula is C25H24ClN3O5. The molecule has 0 heterocycles. The molecule has 0 aliphatic heterocycles. The van der Waals surface area contributed by atoms with Crippen LogP contribution in [0.4, 0.5) is 5.69 Å². The summed E-state index contributed by atoms with van der Waals surface area (Å²) in [5.74, 6) is 0.376. The molecule has 0 spiro atoms. The Hall–Kier alpha value is -4.04. The van der Waals surface area contributed by atoms with Gasteiger partial charge in [-0.05, 0) is 54.4 Å². The third kappa shape index (κ3) is 6.49. The first-order valence-electron chi connectivity index (χ1n) is 10.2. The number of amides is 2. The Balaban J connectivity index is 1.64. The van der Waals surface area contributed by atoms with Gasteiger partial charge < -0.3 is 19.5 Å². The van der Waals surface area contributed by atoms with Crippen LogP contribution in [0.15, 0.2) is 65.8 Å². The number of nitrogens with one attached hydrogen (secondary N) is 2. The summed E-state index contributed by atoms with van der Waals surface area (Å²) in [7, 11) is 2.98. The van der Waals surface area contributed by atoms with Gasteiger partial charge in [0.25, 0.3) is 11.8 Å². The second kappa shape index (κ2) is 11.7. The van der Waals surface area contributed by atoms with Crippen molar-refractivity contribution < 1.29 is 23.8 Å². The molecule has 2 N–H and O–H groups in total. The van der Waals surface area contributed by atoms with E-state index in [1.54, 1.807) is 36.4 Å². The Labute approximate surface area is 202 Å². The maximum atomic E-state index is 12.3. The van der Waals surface area contributed by atoms with Gasteiger partial charge in [-0.25, -0.2) is 5.43 Å². The summed E-state index contributed by atoms with van der Waals surface area (Å²) in [5.41, 5.74) is 5.05.